The Morgan fingerprint density at radius 1 is 1.56 bits per heavy atom. The van der Waals surface area contributed by atoms with Gasteiger partial charge in [0, 0.05) is 18.5 Å². The zero-order valence-corrected chi connectivity index (χ0v) is 12.8. The molecule has 4 nitrogen and oxygen atoms in total. The van der Waals surface area contributed by atoms with E-state index in [-0.39, 0.29) is 5.97 Å². The first-order chi connectivity index (χ1) is 8.30. The maximum Gasteiger partial charge on any atom is 0.317 e. The first-order valence-electron chi connectivity index (χ1n) is 6.16. The van der Waals surface area contributed by atoms with Crippen LogP contribution in [-0.2, 0) is 14.9 Å². The Kier molecular flexibility index (Phi) is 4.73. The third-order valence-electron chi connectivity index (χ3n) is 2.99. The van der Waals surface area contributed by atoms with E-state index < -0.39 is 5.41 Å². The van der Waals surface area contributed by atoms with Gasteiger partial charge in [0.25, 0.3) is 0 Å². The molecule has 5 heteroatoms. The Labute approximate surface area is 113 Å². The fourth-order valence-electron chi connectivity index (χ4n) is 1.35. The molecule has 0 amide bonds. The van der Waals surface area contributed by atoms with Crippen LogP contribution < -0.4 is 4.90 Å². The number of rotatable bonds is 5. The van der Waals surface area contributed by atoms with Crippen LogP contribution in [0.3, 0.4) is 0 Å². The standard InChI is InChI=1S/C13H22N2O2S/c1-7-17-11(16)13(4,5)10-8-18-12(14-10)15(6)9(2)3/h8-9H,7H2,1-6H3. The number of anilines is 1. The molecule has 0 fully saturated rings. The lowest BCUT2D eigenvalue weighted by Crippen LogP contribution is -2.32. The van der Waals surface area contributed by atoms with Gasteiger partial charge in [0.1, 0.15) is 5.41 Å². The largest absolute Gasteiger partial charge is 0.465 e. The van der Waals surface area contributed by atoms with Crippen molar-refractivity contribution in [1.29, 1.82) is 0 Å². The number of thiazole rings is 1. The highest BCUT2D eigenvalue weighted by atomic mass is 32.1. The van der Waals surface area contributed by atoms with Gasteiger partial charge in [-0.2, -0.15) is 0 Å². The maximum absolute atomic E-state index is 11.9. The number of carbonyl (C=O) groups excluding carboxylic acids is 1. The lowest BCUT2D eigenvalue weighted by molar-refractivity contribution is -0.148. The van der Waals surface area contributed by atoms with Crippen molar-refractivity contribution in [2.24, 2.45) is 0 Å². The molecular formula is C13H22N2O2S. The minimum Gasteiger partial charge on any atom is -0.465 e. The van der Waals surface area contributed by atoms with Crippen molar-refractivity contribution in [3.8, 4) is 0 Å². The normalized spacial score (nSPS) is 11.7. The first kappa shape index (κ1) is 15.0. The zero-order chi connectivity index (χ0) is 13.9. The minimum atomic E-state index is -0.692. The van der Waals surface area contributed by atoms with Crippen LogP contribution in [-0.4, -0.2) is 30.6 Å². The van der Waals surface area contributed by atoms with E-state index in [1.165, 1.54) is 0 Å². The van der Waals surface area contributed by atoms with Gasteiger partial charge in [-0.3, -0.25) is 4.79 Å². The van der Waals surface area contributed by atoms with E-state index in [0.717, 1.165) is 10.8 Å². The molecule has 0 radical (unpaired) electrons. The predicted molar refractivity (Wildman–Crippen MR) is 75.3 cm³/mol. The van der Waals surface area contributed by atoms with Crippen LogP contribution >= 0.6 is 11.3 Å². The van der Waals surface area contributed by atoms with Crippen molar-refractivity contribution in [3.63, 3.8) is 0 Å². The van der Waals surface area contributed by atoms with Gasteiger partial charge in [-0.15, -0.1) is 11.3 Å². The Hall–Kier alpha value is -1.10. The van der Waals surface area contributed by atoms with E-state index in [1.54, 1.807) is 11.3 Å². The van der Waals surface area contributed by atoms with Gasteiger partial charge in [0.15, 0.2) is 5.13 Å². The molecule has 102 valence electrons. The van der Waals surface area contributed by atoms with E-state index >= 15 is 0 Å². The van der Waals surface area contributed by atoms with Crippen LogP contribution in [0.2, 0.25) is 0 Å². The highest BCUT2D eigenvalue weighted by Crippen LogP contribution is 2.30. The molecule has 0 saturated heterocycles. The summed E-state index contributed by atoms with van der Waals surface area (Å²) >= 11 is 1.56. The topological polar surface area (TPSA) is 42.4 Å². The first-order valence-corrected chi connectivity index (χ1v) is 7.04. The van der Waals surface area contributed by atoms with Crippen molar-refractivity contribution >= 4 is 22.4 Å². The number of ether oxygens (including phenoxy) is 1. The lowest BCUT2D eigenvalue weighted by atomic mass is 9.90. The molecule has 0 bridgehead atoms. The summed E-state index contributed by atoms with van der Waals surface area (Å²) < 4.78 is 5.09. The molecule has 0 saturated carbocycles. The minimum absolute atomic E-state index is 0.228. The van der Waals surface area contributed by atoms with Crippen molar-refractivity contribution in [2.45, 2.75) is 46.1 Å². The fraction of sp³-hybridized carbons (Fsp3) is 0.692. The van der Waals surface area contributed by atoms with Crippen LogP contribution in [0.4, 0.5) is 5.13 Å². The second-order valence-corrected chi connectivity index (χ2v) is 5.90. The van der Waals surface area contributed by atoms with Crippen LogP contribution in [0.1, 0.15) is 40.3 Å². The summed E-state index contributed by atoms with van der Waals surface area (Å²) in [5.41, 5.74) is 0.0798. The second kappa shape index (κ2) is 5.69. The summed E-state index contributed by atoms with van der Waals surface area (Å²) in [4.78, 5) is 18.5. The number of carbonyl (C=O) groups is 1. The van der Waals surface area contributed by atoms with E-state index in [0.29, 0.717) is 12.6 Å². The van der Waals surface area contributed by atoms with Crippen LogP contribution in [0, 0.1) is 0 Å². The number of aromatic nitrogens is 1. The SMILES string of the molecule is CCOC(=O)C(C)(C)c1csc(N(C)C(C)C)n1. The summed E-state index contributed by atoms with van der Waals surface area (Å²) in [5, 5.41) is 2.86. The molecule has 0 N–H and O–H groups in total. The van der Waals surface area contributed by atoms with Crippen LogP contribution in [0.5, 0.6) is 0 Å². The van der Waals surface area contributed by atoms with Crippen molar-refractivity contribution in [1.82, 2.24) is 4.98 Å². The molecule has 18 heavy (non-hydrogen) atoms. The Bertz CT molecular complexity index is 413. The monoisotopic (exact) mass is 270 g/mol. The molecule has 1 rings (SSSR count). The van der Waals surface area contributed by atoms with Gasteiger partial charge >= 0.3 is 5.97 Å². The van der Waals surface area contributed by atoms with Gasteiger partial charge in [0.05, 0.1) is 12.3 Å². The molecule has 1 heterocycles. The number of nitrogens with zero attached hydrogens (tertiary/aromatic N) is 2. The van der Waals surface area contributed by atoms with E-state index in [4.69, 9.17) is 4.74 Å². The molecule has 0 unspecified atom stereocenters. The van der Waals surface area contributed by atoms with Gasteiger partial charge < -0.3 is 9.64 Å². The van der Waals surface area contributed by atoms with Crippen LogP contribution in [0.25, 0.3) is 0 Å². The van der Waals surface area contributed by atoms with Gasteiger partial charge in [-0.25, -0.2) is 4.98 Å². The smallest absolute Gasteiger partial charge is 0.317 e. The van der Waals surface area contributed by atoms with Crippen molar-refractivity contribution in [2.75, 3.05) is 18.6 Å². The summed E-state index contributed by atoms with van der Waals surface area (Å²) in [7, 11) is 2.00. The number of hydrogen-bond donors (Lipinski definition) is 0. The molecule has 1 aromatic heterocycles. The molecule has 0 aliphatic heterocycles. The third kappa shape index (κ3) is 3.02. The van der Waals surface area contributed by atoms with Crippen molar-refractivity contribution in [3.05, 3.63) is 11.1 Å². The fourth-order valence-corrected chi connectivity index (χ4v) is 2.44. The molecule has 0 aromatic carbocycles. The molecule has 0 aliphatic rings. The summed E-state index contributed by atoms with van der Waals surface area (Å²) in [6.07, 6.45) is 0. The lowest BCUT2D eigenvalue weighted by Gasteiger charge is -2.22. The quantitative estimate of drug-likeness (QED) is 0.772. The Balaban J connectivity index is 2.94. The van der Waals surface area contributed by atoms with E-state index in [9.17, 15) is 4.79 Å². The molecule has 0 spiro atoms. The molecule has 0 atom stereocenters. The molecule has 1 aromatic rings. The summed E-state index contributed by atoms with van der Waals surface area (Å²) in [6.45, 7) is 10.1. The predicted octanol–water partition coefficient (Wildman–Crippen LogP) is 2.83. The summed E-state index contributed by atoms with van der Waals surface area (Å²) in [6, 6.07) is 0.384. The maximum atomic E-state index is 11.9. The van der Waals surface area contributed by atoms with Crippen molar-refractivity contribution < 1.29 is 9.53 Å². The van der Waals surface area contributed by atoms with Gasteiger partial charge in [0.2, 0.25) is 0 Å². The van der Waals surface area contributed by atoms with E-state index in [2.05, 4.69) is 23.7 Å². The summed E-state index contributed by atoms with van der Waals surface area (Å²) in [5.74, 6) is -0.228. The number of hydrogen-bond acceptors (Lipinski definition) is 5. The molecular weight excluding hydrogens is 248 g/mol. The van der Waals surface area contributed by atoms with Gasteiger partial charge in [-0.05, 0) is 34.6 Å². The average molecular weight is 270 g/mol. The van der Waals surface area contributed by atoms with Crippen LogP contribution in [0.15, 0.2) is 5.38 Å². The van der Waals surface area contributed by atoms with E-state index in [1.807, 2.05) is 33.2 Å². The second-order valence-electron chi connectivity index (χ2n) is 5.07. The number of esters is 1. The Morgan fingerprint density at radius 3 is 2.67 bits per heavy atom. The van der Waals surface area contributed by atoms with Gasteiger partial charge in [-0.1, -0.05) is 0 Å². The third-order valence-corrected chi connectivity index (χ3v) is 3.93. The highest BCUT2D eigenvalue weighted by molar-refractivity contribution is 7.13. The highest BCUT2D eigenvalue weighted by Gasteiger charge is 2.34. The average Bonchev–Trinajstić information content (AvgIpc) is 2.77. The molecule has 0 aliphatic carbocycles. The Morgan fingerprint density at radius 2 is 2.17 bits per heavy atom. The zero-order valence-electron chi connectivity index (χ0n) is 12.0.